The van der Waals surface area contributed by atoms with Crippen molar-refractivity contribution in [2.24, 2.45) is 0 Å². The number of rotatable bonds is 5. The predicted molar refractivity (Wildman–Crippen MR) is 69.4 cm³/mol. The lowest BCUT2D eigenvalue weighted by Crippen LogP contribution is -1.97. The van der Waals surface area contributed by atoms with E-state index in [2.05, 4.69) is 5.32 Å². The van der Waals surface area contributed by atoms with Gasteiger partial charge in [-0.2, -0.15) is 0 Å². The van der Waals surface area contributed by atoms with Gasteiger partial charge in [0, 0.05) is 22.0 Å². The van der Waals surface area contributed by atoms with Gasteiger partial charge < -0.3 is 10.4 Å². The lowest BCUT2D eigenvalue weighted by molar-refractivity contribution is -0.136. The minimum atomic E-state index is -0.783. The summed E-state index contributed by atoms with van der Waals surface area (Å²) >= 11 is 1.54. The number of hydrogen-bond acceptors (Lipinski definition) is 3. The van der Waals surface area contributed by atoms with Gasteiger partial charge in [0.05, 0.1) is 6.42 Å². The number of thiophene rings is 1. The van der Waals surface area contributed by atoms with Crippen LogP contribution in [0.15, 0.2) is 42.5 Å². The van der Waals surface area contributed by atoms with E-state index in [1.807, 2.05) is 42.5 Å². The molecule has 2 N–H and O–H groups in total. The van der Waals surface area contributed by atoms with E-state index in [0.717, 1.165) is 22.0 Å². The standard InChI is InChI=1S/C13H13NO2S/c15-13(16)8-11-6-7-12(17-11)9-14-10-4-2-1-3-5-10/h1-7,14H,8-9H2,(H,15,16). The van der Waals surface area contributed by atoms with E-state index in [0.29, 0.717) is 0 Å². The third-order valence-electron chi connectivity index (χ3n) is 2.28. The van der Waals surface area contributed by atoms with Crippen LogP contribution in [0.5, 0.6) is 0 Å². The van der Waals surface area contributed by atoms with Crippen LogP contribution < -0.4 is 5.32 Å². The highest BCUT2D eigenvalue weighted by Gasteiger charge is 2.04. The van der Waals surface area contributed by atoms with Crippen molar-refractivity contribution in [2.45, 2.75) is 13.0 Å². The second-order valence-electron chi connectivity index (χ2n) is 3.66. The fourth-order valence-corrected chi connectivity index (χ4v) is 2.46. The quantitative estimate of drug-likeness (QED) is 0.854. The Bertz CT molecular complexity index is 493. The fourth-order valence-electron chi connectivity index (χ4n) is 1.51. The molecule has 0 spiro atoms. The largest absolute Gasteiger partial charge is 0.481 e. The molecule has 0 aliphatic rings. The Morgan fingerprint density at radius 3 is 2.53 bits per heavy atom. The molecular weight excluding hydrogens is 234 g/mol. The summed E-state index contributed by atoms with van der Waals surface area (Å²) in [6, 6.07) is 13.8. The summed E-state index contributed by atoms with van der Waals surface area (Å²) in [6.45, 7) is 0.730. The van der Waals surface area contributed by atoms with Crippen molar-refractivity contribution in [3.05, 3.63) is 52.2 Å². The Hall–Kier alpha value is -1.81. The molecule has 4 heteroatoms. The summed E-state index contributed by atoms with van der Waals surface area (Å²) in [6.07, 6.45) is 0.107. The van der Waals surface area contributed by atoms with Gasteiger partial charge in [0.2, 0.25) is 0 Å². The molecule has 0 bridgehead atoms. The fraction of sp³-hybridized carbons (Fsp3) is 0.154. The predicted octanol–water partition coefficient (Wildman–Crippen LogP) is 2.99. The molecule has 88 valence electrons. The molecule has 0 aliphatic carbocycles. The highest BCUT2D eigenvalue weighted by atomic mass is 32.1. The van der Waals surface area contributed by atoms with Crippen LogP contribution in [0, 0.1) is 0 Å². The van der Waals surface area contributed by atoms with Crippen molar-refractivity contribution in [3.8, 4) is 0 Å². The van der Waals surface area contributed by atoms with Crippen LogP contribution in [-0.2, 0) is 17.8 Å². The van der Waals surface area contributed by atoms with E-state index < -0.39 is 5.97 Å². The molecule has 0 atom stereocenters. The smallest absolute Gasteiger partial charge is 0.308 e. The number of anilines is 1. The number of nitrogens with one attached hydrogen (secondary N) is 1. The zero-order chi connectivity index (χ0) is 12.1. The molecule has 3 nitrogen and oxygen atoms in total. The number of aliphatic carboxylic acids is 1. The first-order valence-corrected chi connectivity index (χ1v) is 6.14. The molecule has 2 aromatic rings. The Kier molecular flexibility index (Phi) is 3.77. The zero-order valence-electron chi connectivity index (χ0n) is 9.22. The molecule has 0 saturated heterocycles. The van der Waals surface area contributed by atoms with E-state index >= 15 is 0 Å². The maximum atomic E-state index is 10.5. The molecule has 2 rings (SSSR count). The summed E-state index contributed by atoms with van der Waals surface area (Å²) < 4.78 is 0. The summed E-state index contributed by atoms with van der Waals surface area (Å²) in [5.74, 6) is -0.783. The SMILES string of the molecule is O=C(O)Cc1ccc(CNc2ccccc2)s1. The second kappa shape index (κ2) is 5.50. The van der Waals surface area contributed by atoms with Crippen LogP contribution in [0.3, 0.4) is 0 Å². The lowest BCUT2D eigenvalue weighted by atomic mass is 10.3. The molecule has 0 saturated carbocycles. The van der Waals surface area contributed by atoms with Crippen molar-refractivity contribution in [2.75, 3.05) is 5.32 Å². The number of hydrogen-bond donors (Lipinski definition) is 2. The molecule has 1 aromatic carbocycles. The van der Waals surface area contributed by atoms with Gasteiger partial charge in [-0.15, -0.1) is 11.3 Å². The number of carbonyl (C=O) groups is 1. The molecule has 1 aromatic heterocycles. The van der Waals surface area contributed by atoms with Crippen molar-refractivity contribution in [1.82, 2.24) is 0 Å². The highest BCUT2D eigenvalue weighted by Crippen LogP contribution is 2.18. The van der Waals surface area contributed by atoms with E-state index in [-0.39, 0.29) is 6.42 Å². The third-order valence-corrected chi connectivity index (χ3v) is 3.37. The number of para-hydroxylation sites is 1. The van der Waals surface area contributed by atoms with Crippen molar-refractivity contribution in [1.29, 1.82) is 0 Å². The molecule has 0 aliphatic heterocycles. The van der Waals surface area contributed by atoms with Gasteiger partial charge >= 0.3 is 5.97 Å². The zero-order valence-corrected chi connectivity index (χ0v) is 10.0. The van der Waals surface area contributed by atoms with E-state index in [9.17, 15) is 4.79 Å². The van der Waals surface area contributed by atoms with Crippen LogP contribution in [0.1, 0.15) is 9.75 Å². The number of carboxylic acids is 1. The van der Waals surface area contributed by atoms with Crippen LogP contribution in [-0.4, -0.2) is 11.1 Å². The van der Waals surface area contributed by atoms with Gasteiger partial charge in [0.15, 0.2) is 0 Å². The van der Waals surface area contributed by atoms with Crippen LogP contribution in [0.25, 0.3) is 0 Å². The summed E-state index contributed by atoms with van der Waals surface area (Å²) in [7, 11) is 0. The third kappa shape index (κ3) is 3.60. The molecule has 0 radical (unpaired) electrons. The number of carboxylic acid groups (broad SMARTS) is 1. The minimum absolute atomic E-state index is 0.107. The summed E-state index contributed by atoms with van der Waals surface area (Å²) in [5, 5.41) is 12.0. The first kappa shape index (κ1) is 11.7. The molecule has 1 heterocycles. The minimum Gasteiger partial charge on any atom is -0.481 e. The van der Waals surface area contributed by atoms with Gasteiger partial charge in [-0.05, 0) is 24.3 Å². The summed E-state index contributed by atoms with van der Waals surface area (Å²) in [4.78, 5) is 12.6. The Morgan fingerprint density at radius 1 is 1.12 bits per heavy atom. The topological polar surface area (TPSA) is 49.3 Å². The normalized spacial score (nSPS) is 10.1. The van der Waals surface area contributed by atoms with E-state index in [4.69, 9.17) is 5.11 Å². The second-order valence-corrected chi connectivity index (χ2v) is 4.91. The van der Waals surface area contributed by atoms with Crippen molar-refractivity contribution >= 4 is 23.0 Å². The van der Waals surface area contributed by atoms with Gasteiger partial charge in [-0.25, -0.2) is 0 Å². The van der Waals surface area contributed by atoms with Crippen LogP contribution in [0.4, 0.5) is 5.69 Å². The maximum absolute atomic E-state index is 10.5. The van der Waals surface area contributed by atoms with Crippen molar-refractivity contribution in [3.63, 3.8) is 0 Å². The lowest BCUT2D eigenvalue weighted by Gasteiger charge is -2.03. The number of benzene rings is 1. The molecular formula is C13H13NO2S. The van der Waals surface area contributed by atoms with Gasteiger partial charge in [0.1, 0.15) is 0 Å². The molecule has 17 heavy (non-hydrogen) atoms. The summed E-state index contributed by atoms with van der Waals surface area (Å²) in [5.41, 5.74) is 1.07. The van der Waals surface area contributed by atoms with Crippen molar-refractivity contribution < 1.29 is 9.90 Å². The average Bonchev–Trinajstić information content (AvgIpc) is 2.75. The molecule has 0 amide bonds. The van der Waals surface area contributed by atoms with Crippen LogP contribution >= 0.6 is 11.3 Å². The van der Waals surface area contributed by atoms with Gasteiger partial charge in [-0.1, -0.05) is 18.2 Å². The van der Waals surface area contributed by atoms with E-state index in [1.54, 1.807) is 0 Å². The molecule has 0 fully saturated rings. The first-order valence-electron chi connectivity index (χ1n) is 5.32. The first-order chi connectivity index (χ1) is 8.24. The monoisotopic (exact) mass is 247 g/mol. The maximum Gasteiger partial charge on any atom is 0.308 e. The molecule has 0 unspecified atom stereocenters. The van der Waals surface area contributed by atoms with Crippen LogP contribution in [0.2, 0.25) is 0 Å². The van der Waals surface area contributed by atoms with E-state index in [1.165, 1.54) is 11.3 Å². The Balaban J connectivity index is 1.91. The average molecular weight is 247 g/mol. The van der Waals surface area contributed by atoms with Gasteiger partial charge in [-0.3, -0.25) is 4.79 Å². The Morgan fingerprint density at radius 2 is 1.82 bits per heavy atom. The Labute approximate surface area is 104 Å². The highest BCUT2D eigenvalue weighted by molar-refractivity contribution is 7.12. The van der Waals surface area contributed by atoms with Gasteiger partial charge in [0.25, 0.3) is 0 Å².